The molecule has 1 rings (SSSR count). The predicted molar refractivity (Wildman–Crippen MR) is 54.1 cm³/mol. The number of nitrogens with zero attached hydrogens (tertiary/aromatic N) is 1. The Morgan fingerprint density at radius 3 is 2.56 bits per heavy atom. The maximum absolute atomic E-state index is 13.4. The molecule has 0 aliphatic heterocycles. The average molecular weight is 231 g/mol. The number of carbonyl (C=O) groups excluding carboxylic acids is 1. The highest BCUT2D eigenvalue weighted by molar-refractivity contribution is 5.94. The van der Waals surface area contributed by atoms with Gasteiger partial charge in [0.1, 0.15) is 5.82 Å². The number of amides is 1. The quantitative estimate of drug-likeness (QED) is 0.782. The minimum Gasteiger partial charge on any atom is -0.336 e. The number of rotatable bonds is 3. The summed E-state index contributed by atoms with van der Waals surface area (Å²) in [5, 5.41) is 0. The largest absolute Gasteiger partial charge is 0.336 e. The van der Waals surface area contributed by atoms with Gasteiger partial charge in [-0.05, 0) is 24.6 Å². The van der Waals surface area contributed by atoms with Crippen LogP contribution in [0.25, 0.3) is 0 Å². The Balaban J connectivity index is 2.88. The molecule has 1 amide bonds. The molecule has 2 nitrogen and oxygen atoms in total. The van der Waals surface area contributed by atoms with Crippen LogP contribution in [0.5, 0.6) is 0 Å². The third kappa shape index (κ3) is 2.98. The van der Waals surface area contributed by atoms with E-state index >= 15 is 0 Å². The molecule has 0 saturated carbocycles. The summed E-state index contributed by atoms with van der Waals surface area (Å²) in [4.78, 5) is 12.4. The second-order valence-corrected chi connectivity index (χ2v) is 3.56. The van der Waals surface area contributed by atoms with Gasteiger partial charge in [0.2, 0.25) is 0 Å². The predicted octanol–water partition coefficient (Wildman–Crippen LogP) is 2.47. The number of halogens is 3. The van der Waals surface area contributed by atoms with Crippen molar-refractivity contribution in [2.45, 2.75) is 13.3 Å². The van der Waals surface area contributed by atoms with E-state index in [9.17, 15) is 18.0 Å². The van der Waals surface area contributed by atoms with E-state index in [2.05, 4.69) is 0 Å². The van der Waals surface area contributed by atoms with Crippen molar-refractivity contribution in [1.82, 2.24) is 4.90 Å². The van der Waals surface area contributed by atoms with E-state index in [0.717, 1.165) is 4.90 Å². The first-order valence-corrected chi connectivity index (χ1v) is 4.71. The summed E-state index contributed by atoms with van der Waals surface area (Å²) in [5.41, 5.74) is 0.485. The minimum atomic E-state index is -2.62. The summed E-state index contributed by atoms with van der Waals surface area (Å²) in [6, 6.07) is 4.06. The minimum absolute atomic E-state index is 0.186. The van der Waals surface area contributed by atoms with E-state index in [4.69, 9.17) is 0 Å². The van der Waals surface area contributed by atoms with Crippen LogP contribution in [0.2, 0.25) is 0 Å². The second-order valence-electron chi connectivity index (χ2n) is 3.56. The third-order valence-corrected chi connectivity index (χ3v) is 2.11. The fourth-order valence-corrected chi connectivity index (χ4v) is 1.29. The molecule has 88 valence electrons. The van der Waals surface area contributed by atoms with Crippen molar-refractivity contribution in [1.29, 1.82) is 0 Å². The molecule has 0 radical (unpaired) electrons. The van der Waals surface area contributed by atoms with Crippen LogP contribution in [-0.2, 0) is 0 Å². The molecule has 16 heavy (non-hydrogen) atoms. The number of hydrogen-bond acceptors (Lipinski definition) is 1. The zero-order chi connectivity index (χ0) is 12.3. The highest BCUT2D eigenvalue weighted by atomic mass is 19.3. The molecule has 0 saturated heterocycles. The Morgan fingerprint density at radius 2 is 2.06 bits per heavy atom. The topological polar surface area (TPSA) is 20.3 Å². The van der Waals surface area contributed by atoms with Crippen molar-refractivity contribution >= 4 is 5.91 Å². The third-order valence-electron chi connectivity index (χ3n) is 2.11. The average Bonchev–Trinajstić information content (AvgIpc) is 2.15. The monoisotopic (exact) mass is 231 g/mol. The highest BCUT2D eigenvalue weighted by Gasteiger charge is 2.18. The van der Waals surface area contributed by atoms with Crippen molar-refractivity contribution in [3.63, 3.8) is 0 Å². The lowest BCUT2D eigenvalue weighted by molar-refractivity contribution is 0.0616. The van der Waals surface area contributed by atoms with Crippen LogP contribution in [0.3, 0.4) is 0 Å². The summed E-state index contributed by atoms with van der Waals surface area (Å²) in [7, 11) is 1.22. The van der Waals surface area contributed by atoms with Gasteiger partial charge < -0.3 is 4.90 Å². The van der Waals surface area contributed by atoms with Crippen LogP contribution >= 0.6 is 0 Å². The molecule has 5 heteroatoms. The van der Waals surface area contributed by atoms with E-state index < -0.39 is 24.7 Å². The smallest absolute Gasteiger partial charge is 0.256 e. The summed E-state index contributed by atoms with van der Waals surface area (Å²) in [5.74, 6) is -1.43. The Kier molecular flexibility index (Phi) is 3.93. The number of benzene rings is 1. The zero-order valence-corrected chi connectivity index (χ0v) is 9.01. The molecule has 0 N–H and O–H groups in total. The van der Waals surface area contributed by atoms with Gasteiger partial charge in [-0.1, -0.05) is 6.07 Å². The maximum Gasteiger partial charge on any atom is 0.256 e. The van der Waals surface area contributed by atoms with E-state index in [-0.39, 0.29) is 5.56 Å². The van der Waals surface area contributed by atoms with E-state index in [0.29, 0.717) is 5.56 Å². The molecule has 0 aromatic heterocycles. The van der Waals surface area contributed by atoms with Gasteiger partial charge >= 0.3 is 0 Å². The van der Waals surface area contributed by atoms with Crippen LogP contribution in [0.4, 0.5) is 13.2 Å². The van der Waals surface area contributed by atoms with Crippen LogP contribution < -0.4 is 0 Å². The SMILES string of the molecule is Cc1ccc(C(=O)N(C)CC(F)F)c(F)c1. The Labute approximate surface area is 91.7 Å². The van der Waals surface area contributed by atoms with Gasteiger partial charge in [-0.25, -0.2) is 13.2 Å². The van der Waals surface area contributed by atoms with Crippen molar-refractivity contribution in [3.05, 3.63) is 35.1 Å². The molecule has 1 aromatic rings. The van der Waals surface area contributed by atoms with Crippen LogP contribution in [-0.4, -0.2) is 30.8 Å². The van der Waals surface area contributed by atoms with Crippen molar-refractivity contribution < 1.29 is 18.0 Å². The molecule has 0 unspecified atom stereocenters. The normalized spacial score (nSPS) is 10.6. The fraction of sp³-hybridized carbons (Fsp3) is 0.364. The second kappa shape index (κ2) is 5.01. The summed E-state index contributed by atoms with van der Waals surface area (Å²) in [6.07, 6.45) is -2.62. The number of carbonyl (C=O) groups is 1. The van der Waals surface area contributed by atoms with Crippen LogP contribution in [0, 0.1) is 12.7 Å². The fourth-order valence-electron chi connectivity index (χ4n) is 1.29. The van der Waals surface area contributed by atoms with E-state index in [1.54, 1.807) is 13.0 Å². The zero-order valence-electron chi connectivity index (χ0n) is 9.01. The summed E-state index contributed by atoms with van der Waals surface area (Å²) in [6.45, 7) is 0.979. The van der Waals surface area contributed by atoms with Gasteiger partial charge in [-0.3, -0.25) is 4.79 Å². The van der Waals surface area contributed by atoms with Crippen molar-refractivity contribution in [3.8, 4) is 0 Å². The molecule has 0 atom stereocenters. The number of aryl methyl sites for hydroxylation is 1. The van der Waals surface area contributed by atoms with Gasteiger partial charge in [0.05, 0.1) is 12.1 Å². The lowest BCUT2D eigenvalue weighted by Crippen LogP contribution is -2.31. The maximum atomic E-state index is 13.4. The van der Waals surface area contributed by atoms with Gasteiger partial charge in [-0.2, -0.15) is 0 Å². The standard InChI is InChI=1S/C11H12F3NO/c1-7-3-4-8(9(12)5-7)11(16)15(2)6-10(13)14/h3-5,10H,6H2,1-2H3. The highest BCUT2D eigenvalue weighted by Crippen LogP contribution is 2.12. The van der Waals surface area contributed by atoms with Crippen LogP contribution in [0.15, 0.2) is 18.2 Å². The molecular weight excluding hydrogens is 219 g/mol. The van der Waals surface area contributed by atoms with Gasteiger partial charge in [0, 0.05) is 7.05 Å². The first-order chi connectivity index (χ1) is 7.41. The van der Waals surface area contributed by atoms with Crippen molar-refractivity contribution in [2.75, 3.05) is 13.6 Å². The molecule has 1 aromatic carbocycles. The molecule has 0 aliphatic carbocycles. The lowest BCUT2D eigenvalue weighted by atomic mass is 10.1. The van der Waals surface area contributed by atoms with Crippen LogP contribution in [0.1, 0.15) is 15.9 Å². The molecule has 0 aliphatic rings. The van der Waals surface area contributed by atoms with E-state index in [1.807, 2.05) is 0 Å². The molecule has 0 heterocycles. The lowest BCUT2D eigenvalue weighted by Gasteiger charge is -2.16. The number of alkyl halides is 2. The molecule has 0 bridgehead atoms. The first kappa shape index (κ1) is 12.5. The Bertz CT molecular complexity index is 393. The molecule has 0 spiro atoms. The summed E-state index contributed by atoms with van der Waals surface area (Å²) >= 11 is 0. The Morgan fingerprint density at radius 1 is 1.44 bits per heavy atom. The van der Waals surface area contributed by atoms with E-state index in [1.165, 1.54) is 19.2 Å². The molecule has 0 fully saturated rings. The van der Waals surface area contributed by atoms with Gasteiger partial charge in [0.15, 0.2) is 0 Å². The number of hydrogen-bond donors (Lipinski definition) is 0. The first-order valence-electron chi connectivity index (χ1n) is 4.71. The van der Waals surface area contributed by atoms with Gasteiger partial charge in [0.25, 0.3) is 12.3 Å². The molecular formula is C11H12F3NO. The van der Waals surface area contributed by atoms with Crippen molar-refractivity contribution in [2.24, 2.45) is 0 Å². The summed E-state index contributed by atoms with van der Waals surface area (Å²) < 4.78 is 37.4. The Hall–Kier alpha value is -1.52. The van der Waals surface area contributed by atoms with Gasteiger partial charge in [-0.15, -0.1) is 0 Å².